The van der Waals surface area contributed by atoms with Gasteiger partial charge in [0.2, 0.25) is 0 Å². The lowest BCUT2D eigenvalue weighted by molar-refractivity contribution is 0.0712. The second kappa shape index (κ2) is 8.67. The van der Waals surface area contributed by atoms with Gasteiger partial charge in [0.1, 0.15) is 0 Å². The second-order valence-corrected chi connectivity index (χ2v) is 8.80. The summed E-state index contributed by atoms with van der Waals surface area (Å²) in [5.41, 5.74) is 3.52. The molecule has 2 aromatic carbocycles. The van der Waals surface area contributed by atoms with Crippen LogP contribution in [0, 0.1) is 0 Å². The van der Waals surface area contributed by atoms with Crippen molar-refractivity contribution < 1.29 is 14.0 Å². The van der Waals surface area contributed by atoms with Crippen molar-refractivity contribution >= 4 is 44.3 Å². The molecule has 2 N–H and O–H groups in total. The van der Waals surface area contributed by atoms with E-state index < -0.39 is 0 Å². The summed E-state index contributed by atoms with van der Waals surface area (Å²) in [6.07, 6.45) is 1.84. The van der Waals surface area contributed by atoms with Crippen LogP contribution in [0.3, 0.4) is 0 Å². The monoisotopic (exact) mass is 491 g/mol. The van der Waals surface area contributed by atoms with Crippen LogP contribution in [0.5, 0.6) is 0 Å². The Morgan fingerprint density at radius 2 is 1.81 bits per heavy atom. The molecular weight excluding hydrogens is 470 g/mol. The summed E-state index contributed by atoms with van der Waals surface area (Å²) < 4.78 is 5.77. The Morgan fingerprint density at radius 3 is 2.56 bits per heavy atom. The number of fused-ring (bicyclic) bond motifs is 1. The first-order chi connectivity index (χ1) is 15.6. The van der Waals surface area contributed by atoms with Gasteiger partial charge in [0, 0.05) is 41.5 Å². The number of amides is 2. The molecule has 0 radical (unpaired) electrons. The van der Waals surface area contributed by atoms with Crippen molar-refractivity contribution in [2.24, 2.45) is 0 Å². The first-order valence-electron chi connectivity index (χ1n) is 10.6. The second-order valence-electron chi connectivity index (χ2n) is 8.02. The fourth-order valence-corrected chi connectivity index (χ4v) is 4.56. The maximum atomic E-state index is 13.1. The van der Waals surface area contributed by atoms with Crippen LogP contribution >= 0.6 is 15.9 Å². The maximum Gasteiger partial charge on any atom is 0.291 e. The number of likely N-dealkylation sites (tertiary alicyclic amines) is 1. The van der Waals surface area contributed by atoms with E-state index in [0.717, 1.165) is 18.4 Å². The summed E-state index contributed by atoms with van der Waals surface area (Å²) in [6, 6.07) is 20.8. The molecule has 1 aliphatic rings. The van der Waals surface area contributed by atoms with E-state index in [0.29, 0.717) is 34.9 Å². The third-order valence-electron chi connectivity index (χ3n) is 5.94. The number of nitrogens with zero attached hydrogens (tertiary/aromatic N) is 1. The summed E-state index contributed by atoms with van der Waals surface area (Å²) in [6.45, 7) is 1.41. The zero-order valence-electron chi connectivity index (χ0n) is 17.3. The number of furan rings is 1. The molecule has 1 fully saturated rings. The van der Waals surface area contributed by atoms with Gasteiger partial charge in [0.05, 0.1) is 0 Å². The summed E-state index contributed by atoms with van der Waals surface area (Å²) in [5.74, 6) is 0.244. The van der Waals surface area contributed by atoms with Crippen LogP contribution in [-0.4, -0.2) is 34.8 Å². The van der Waals surface area contributed by atoms with Crippen molar-refractivity contribution in [3.63, 3.8) is 0 Å². The summed E-state index contributed by atoms with van der Waals surface area (Å²) in [5, 5.41) is 4.01. The van der Waals surface area contributed by atoms with Crippen LogP contribution in [0.25, 0.3) is 10.9 Å². The normalized spacial score (nSPS) is 14.6. The predicted octanol–water partition coefficient (Wildman–Crippen LogP) is 5.80. The number of piperidine rings is 1. The smallest absolute Gasteiger partial charge is 0.291 e. The number of para-hydroxylation sites is 1. The van der Waals surface area contributed by atoms with Crippen LogP contribution in [-0.2, 0) is 0 Å². The van der Waals surface area contributed by atoms with Gasteiger partial charge < -0.3 is 19.6 Å². The van der Waals surface area contributed by atoms with Crippen LogP contribution < -0.4 is 5.32 Å². The molecule has 0 atom stereocenters. The van der Waals surface area contributed by atoms with E-state index in [1.54, 1.807) is 36.4 Å². The van der Waals surface area contributed by atoms with Crippen LogP contribution in [0.2, 0.25) is 0 Å². The lowest BCUT2D eigenvalue weighted by Crippen LogP contribution is -2.38. The molecule has 0 aliphatic carbocycles. The van der Waals surface area contributed by atoms with E-state index in [4.69, 9.17) is 4.42 Å². The highest BCUT2D eigenvalue weighted by molar-refractivity contribution is 9.10. The van der Waals surface area contributed by atoms with E-state index in [-0.39, 0.29) is 17.6 Å². The third-order valence-corrected chi connectivity index (χ3v) is 6.36. The SMILES string of the molecule is O=C(Nc1cccc(C(=O)N2CCC(c3cc4ccccc4[nH]3)CC2)c1)c1ccc(Br)o1. The van der Waals surface area contributed by atoms with Crippen molar-refractivity contribution in [3.05, 3.63) is 88.4 Å². The average Bonchev–Trinajstić information content (AvgIpc) is 3.45. The Morgan fingerprint density at radius 1 is 1.00 bits per heavy atom. The van der Waals surface area contributed by atoms with E-state index in [9.17, 15) is 9.59 Å². The zero-order valence-corrected chi connectivity index (χ0v) is 18.9. The average molecular weight is 492 g/mol. The number of hydrogen-bond acceptors (Lipinski definition) is 3. The van der Waals surface area contributed by atoms with E-state index in [1.807, 2.05) is 17.0 Å². The summed E-state index contributed by atoms with van der Waals surface area (Å²) in [7, 11) is 0. The van der Waals surface area contributed by atoms with Gasteiger partial charge in [-0.2, -0.15) is 0 Å². The first-order valence-corrected chi connectivity index (χ1v) is 11.4. The van der Waals surface area contributed by atoms with Gasteiger partial charge in [0.25, 0.3) is 11.8 Å². The number of carbonyl (C=O) groups excluding carboxylic acids is 2. The van der Waals surface area contributed by atoms with E-state index in [1.165, 1.54) is 11.1 Å². The minimum Gasteiger partial charge on any atom is -0.444 e. The standard InChI is InChI=1S/C25H22BrN3O3/c26-23-9-8-22(32-23)24(30)27-19-6-3-5-18(14-19)25(31)29-12-10-16(11-13-29)21-15-17-4-1-2-7-20(17)28-21/h1-9,14-16,28H,10-13H2,(H,27,30). The van der Waals surface area contributed by atoms with Gasteiger partial charge >= 0.3 is 0 Å². The Hall–Kier alpha value is -3.32. The number of H-pyrrole nitrogens is 1. The minimum atomic E-state index is -0.362. The number of anilines is 1. The molecule has 1 saturated heterocycles. The molecule has 162 valence electrons. The number of nitrogens with one attached hydrogen (secondary N) is 2. The molecule has 7 heteroatoms. The highest BCUT2D eigenvalue weighted by atomic mass is 79.9. The zero-order chi connectivity index (χ0) is 22.1. The van der Waals surface area contributed by atoms with E-state index >= 15 is 0 Å². The quantitative estimate of drug-likeness (QED) is 0.378. The van der Waals surface area contributed by atoms with Crippen LogP contribution in [0.15, 0.2) is 75.8 Å². The number of aromatic amines is 1. The van der Waals surface area contributed by atoms with Crippen LogP contribution in [0.1, 0.15) is 45.4 Å². The van der Waals surface area contributed by atoms with Gasteiger partial charge in [0.15, 0.2) is 10.4 Å². The fraction of sp³-hybridized carbons (Fsp3) is 0.200. The van der Waals surface area contributed by atoms with Crippen molar-refractivity contribution in [1.29, 1.82) is 0 Å². The molecule has 0 saturated carbocycles. The number of benzene rings is 2. The van der Waals surface area contributed by atoms with Gasteiger partial charge in [-0.15, -0.1) is 0 Å². The Bertz CT molecular complexity index is 1250. The van der Waals surface area contributed by atoms with E-state index in [2.05, 4.69) is 44.4 Å². The summed E-state index contributed by atoms with van der Waals surface area (Å²) >= 11 is 3.19. The molecule has 0 spiro atoms. The number of halogens is 1. The third kappa shape index (κ3) is 4.21. The summed E-state index contributed by atoms with van der Waals surface area (Å²) in [4.78, 5) is 30.8. The molecule has 0 unspecified atom stereocenters. The Balaban J connectivity index is 1.23. The number of aromatic nitrogens is 1. The number of carbonyl (C=O) groups is 2. The Kier molecular flexibility index (Phi) is 5.57. The topological polar surface area (TPSA) is 78.3 Å². The molecule has 1 aliphatic heterocycles. The fourth-order valence-electron chi connectivity index (χ4n) is 4.25. The van der Waals surface area contributed by atoms with Gasteiger partial charge in [-0.1, -0.05) is 24.3 Å². The molecule has 0 bridgehead atoms. The minimum absolute atomic E-state index is 0.0167. The number of hydrogen-bond donors (Lipinski definition) is 2. The number of rotatable bonds is 4. The van der Waals surface area contributed by atoms with Crippen molar-refractivity contribution in [1.82, 2.24) is 9.88 Å². The Labute approximate surface area is 193 Å². The van der Waals surface area contributed by atoms with Crippen LogP contribution in [0.4, 0.5) is 5.69 Å². The molecule has 6 nitrogen and oxygen atoms in total. The largest absolute Gasteiger partial charge is 0.444 e. The van der Waals surface area contributed by atoms with Gasteiger partial charge in [-0.05, 0) is 76.6 Å². The molecule has 2 aromatic heterocycles. The van der Waals surface area contributed by atoms with Crippen molar-refractivity contribution in [3.8, 4) is 0 Å². The first kappa shape index (κ1) is 20.6. The highest BCUT2D eigenvalue weighted by Gasteiger charge is 2.25. The molecule has 4 aromatic rings. The molecule has 3 heterocycles. The van der Waals surface area contributed by atoms with Gasteiger partial charge in [-0.3, -0.25) is 9.59 Å². The molecule has 5 rings (SSSR count). The van der Waals surface area contributed by atoms with Gasteiger partial charge in [-0.25, -0.2) is 0 Å². The molecular formula is C25H22BrN3O3. The lowest BCUT2D eigenvalue weighted by atomic mass is 9.93. The molecule has 32 heavy (non-hydrogen) atoms. The highest BCUT2D eigenvalue weighted by Crippen LogP contribution is 2.30. The maximum absolute atomic E-state index is 13.1. The predicted molar refractivity (Wildman–Crippen MR) is 127 cm³/mol. The molecule has 2 amide bonds. The lowest BCUT2D eigenvalue weighted by Gasteiger charge is -2.31. The van der Waals surface area contributed by atoms with Crippen molar-refractivity contribution in [2.45, 2.75) is 18.8 Å². The van der Waals surface area contributed by atoms with Crippen molar-refractivity contribution in [2.75, 3.05) is 18.4 Å².